The smallest absolute Gasteiger partial charge is 0.230 e. The summed E-state index contributed by atoms with van der Waals surface area (Å²) in [5, 5.41) is 6.25. The zero-order chi connectivity index (χ0) is 15.3. The number of nitrogens with one attached hydrogen (secondary N) is 2. The quantitative estimate of drug-likeness (QED) is 0.799. The highest BCUT2D eigenvalue weighted by Crippen LogP contribution is 2.34. The van der Waals surface area contributed by atoms with Crippen molar-refractivity contribution in [2.24, 2.45) is 11.3 Å². The van der Waals surface area contributed by atoms with Gasteiger partial charge in [-0.15, -0.1) is 0 Å². The van der Waals surface area contributed by atoms with Crippen LogP contribution in [0.3, 0.4) is 0 Å². The maximum absolute atomic E-state index is 12.9. The van der Waals surface area contributed by atoms with Crippen molar-refractivity contribution in [2.75, 3.05) is 32.7 Å². The highest BCUT2D eigenvalue weighted by Gasteiger charge is 2.43. The predicted octanol–water partition coefficient (Wildman–Crippen LogP) is 1.14. The van der Waals surface area contributed by atoms with E-state index in [1.54, 1.807) is 6.92 Å². The van der Waals surface area contributed by atoms with E-state index < -0.39 is 0 Å². The zero-order valence-corrected chi connectivity index (χ0v) is 13.4. The Morgan fingerprint density at radius 1 is 1.33 bits per heavy atom. The summed E-state index contributed by atoms with van der Waals surface area (Å²) in [6.07, 6.45) is 5.03. The predicted molar refractivity (Wildman–Crippen MR) is 82.8 cm³/mol. The van der Waals surface area contributed by atoms with Gasteiger partial charge < -0.3 is 15.5 Å². The number of nitrogens with zero attached hydrogens (tertiary/aromatic N) is 1. The van der Waals surface area contributed by atoms with E-state index in [-0.39, 0.29) is 11.3 Å². The molecular weight excluding hydrogens is 266 g/mol. The second-order valence-electron chi connectivity index (χ2n) is 6.63. The van der Waals surface area contributed by atoms with Gasteiger partial charge in [-0.05, 0) is 38.1 Å². The molecule has 2 saturated heterocycles. The summed E-state index contributed by atoms with van der Waals surface area (Å²) in [5.41, 5.74) is -0.154. The molecule has 0 bridgehead atoms. The average molecular weight is 295 g/mol. The fourth-order valence-corrected chi connectivity index (χ4v) is 3.69. The minimum absolute atomic E-state index is 0.0347. The lowest BCUT2D eigenvalue weighted by Crippen LogP contribution is -2.49. The fraction of sp³-hybridized carbons (Fsp3) is 0.875. The summed E-state index contributed by atoms with van der Waals surface area (Å²) in [4.78, 5) is 25.9. The van der Waals surface area contributed by atoms with E-state index in [1.807, 2.05) is 0 Å². The van der Waals surface area contributed by atoms with Gasteiger partial charge >= 0.3 is 0 Å². The van der Waals surface area contributed by atoms with Crippen molar-refractivity contribution >= 4 is 11.8 Å². The van der Waals surface area contributed by atoms with Gasteiger partial charge in [0.2, 0.25) is 11.8 Å². The molecule has 1 unspecified atom stereocenters. The van der Waals surface area contributed by atoms with Crippen molar-refractivity contribution in [3.63, 3.8) is 0 Å². The summed E-state index contributed by atoms with van der Waals surface area (Å²) in [7, 11) is 0. The number of likely N-dealkylation sites (tertiary alicyclic amines) is 1. The summed E-state index contributed by atoms with van der Waals surface area (Å²) in [5.74, 6) is 0.904. The zero-order valence-electron chi connectivity index (χ0n) is 13.4. The largest absolute Gasteiger partial charge is 0.356 e. The second kappa shape index (κ2) is 7.25. The topological polar surface area (TPSA) is 61.4 Å². The molecule has 5 nitrogen and oxygen atoms in total. The SMILES string of the molecule is CCCC1(C(=O)N2CCC(CNC(C)=O)CC2)CCNC1. The molecule has 21 heavy (non-hydrogen) atoms. The molecule has 2 amide bonds. The molecule has 2 aliphatic heterocycles. The van der Waals surface area contributed by atoms with Gasteiger partial charge in [-0.1, -0.05) is 13.3 Å². The summed E-state index contributed by atoms with van der Waals surface area (Å²) in [6.45, 7) is 7.95. The molecule has 5 heteroatoms. The van der Waals surface area contributed by atoms with Crippen molar-refractivity contribution in [3.05, 3.63) is 0 Å². The van der Waals surface area contributed by atoms with Crippen molar-refractivity contribution in [2.45, 2.75) is 46.0 Å². The van der Waals surface area contributed by atoms with Gasteiger partial charge in [0.05, 0.1) is 5.41 Å². The minimum Gasteiger partial charge on any atom is -0.356 e. The van der Waals surface area contributed by atoms with E-state index in [4.69, 9.17) is 0 Å². The van der Waals surface area contributed by atoms with Gasteiger partial charge in [0, 0.05) is 33.1 Å². The van der Waals surface area contributed by atoms with E-state index >= 15 is 0 Å². The summed E-state index contributed by atoms with van der Waals surface area (Å²) >= 11 is 0. The van der Waals surface area contributed by atoms with Crippen molar-refractivity contribution in [3.8, 4) is 0 Å². The molecule has 0 spiro atoms. The van der Waals surface area contributed by atoms with Crippen LogP contribution in [-0.4, -0.2) is 49.4 Å². The number of amides is 2. The van der Waals surface area contributed by atoms with Gasteiger partial charge in [0.15, 0.2) is 0 Å². The van der Waals surface area contributed by atoms with Crippen LogP contribution in [0.25, 0.3) is 0 Å². The number of carbonyl (C=O) groups is 2. The Labute approximate surface area is 127 Å². The van der Waals surface area contributed by atoms with Gasteiger partial charge in [0.1, 0.15) is 0 Å². The maximum Gasteiger partial charge on any atom is 0.230 e. The van der Waals surface area contributed by atoms with Crippen LogP contribution >= 0.6 is 0 Å². The normalized spacial score (nSPS) is 26.9. The van der Waals surface area contributed by atoms with Crippen LogP contribution in [0.1, 0.15) is 46.0 Å². The number of hydrogen-bond acceptors (Lipinski definition) is 3. The standard InChI is InChI=1S/C16H29N3O2/c1-3-6-16(7-8-17-12-16)15(21)19-9-4-14(5-10-19)11-18-13(2)20/h14,17H,3-12H2,1-2H3,(H,18,20). The van der Waals surface area contributed by atoms with E-state index in [1.165, 1.54) is 0 Å². The van der Waals surface area contributed by atoms with Gasteiger partial charge in [-0.2, -0.15) is 0 Å². The Bertz CT molecular complexity index is 370. The lowest BCUT2D eigenvalue weighted by Gasteiger charge is -2.38. The third-order valence-electron chi connectivity index (χ3n) is 4.97. The van der Waals surface area contributed by atoms with Crippen LogP contribution in [0.4, 0.5) is 0 Å². The van der Waals surface area contributed by atoms with E-state index in [0.717, 1.165) is 64.8 Å². The highest BCUT2D eigenvalue weighted by molar-refractivity contribution is 5.83. The molecule has 1 atom stereocenters. The molecule has 0 aromatic rings. The Morgan fingerprint density at radius 2 is 2.05 bits per heavy atom. The van der Waals surface area contributed by atoms with Crippen LogP contribution in [0.2, 0.25) is 0 Å². The van der Waals surface area contributed by atoms with Crippen LogP contribution in [0, 0.1) is 11.3 Å². The maximum atomic E-state index is 12.9. The summed E-state index contributed by atoms with van der Waals surface area (Å²) in [6, 6.07) is 0. The van der Waals surface area contributed by atoms with Crippen LogP contribution < -0.4 is 10.6 Å². The first kappa shape index (κ1) is 16.3. The van der Waals surface area contributed by atoms with Gasteiger partial charge in [0.25, 0.3) is 0 Å². The first-order valence-corrected chi connectivity index (χ1v) is 8.32. The lowest BCUT2D eigenvalue weighted by molar-refractivity contribution is -0.143. The van der Waals surface area contributed by atoms with Crippen molar-refractivity contribution in [1.82, 2.24) is 15.5 Å². The Balaban J connectivity index is 1.86. The minimum atomic E-state index is -0.154. The van der Waals surface area contributed by atoms with Gasteiger partial charge in [-0.25, -0.2) is 0 Å². The monoisotopic (exact) mass is 295 g/mol. The average Bonchev–Trinajstić information content (AvgIpc) is 2.95. The first-order chi connectivity index (χ1) is 10.1. The molecule has 0 radical (unpaired) electrons. The molecule has 120 valence electrons. The third kappa shape index (κ3) is 3.96. The van der Waals surface area contributed by atoms with E-state index in [2.05, 4.69) is 22.5 Å². The molecule has 0 aromatic heterocycles. The Kier molecular flexibility index (Phi) is 5.62. The Hall–Kier alpha value is -1.10. The summed E-state index contributed by atoms with van der Waals surface area (Å²) < 4.78 is 0. The van der Waals surface area contributed by atoms with Crippen LogP contribution in [0.15, 0.2) is 0 Å². The van der Waals surface area contributed by atoms with Crippen molar-refractivity contribution in [1.29, 1.82) is 0 Å². The Morgan fingerprint density at radius 3 is 2.57 bits per heavy atom. The number of hydrogen-bond donors (Lipinski definition) is 2. The number of piperidine rings is 1. The molecule has 2 aliphatic rings. The molecular formula is C16H29N3O2. The fourth-order valence-electron chi connectivity index (χ4n) is 3.69. The number of rotatable bonds is 5. The molecule has 0 saturated carbocycles. The molecule has 2 N–H and O–H groups in total. The molecule has 0 aliphatic carbocycles. The van der Waals surface area contributed by atoms with E-state index in [9.17, 15) is 9.59 Å². The molecule has 2 heterocycles. The lowest BCUT2D eigenvalue weighted by atomic mass is 9.80. The van der Waals surface area contributed by atoms with Crippen LogP contribution in [-0.2, 0) is 9.59 Å². The highest BCUT2D eigenvalue weighted by atomic mass is 16.2. The molecule has 2 rings (SSSR count). The number of carbonyl (C=O) groups excluding carboxylic acids is 2. The molecule has 2 fully saturated rings. The second-order valence-corrected chi connectivity index (χ2v) is 6.63. The van der Waals surface area contributed by atoms with E-state index in [0.29, 0.717) is 11.8 Å². The van der Waals surface area contributed by atoms with Crippen molar-refractivity contribution < 1.29 is 9.59 Å². The van der Waals surface area contributed by atoms with Gasteiger partial charge in [-0.3, -0.25) is 9.59 Å². The molecule has 0 aromatic carbocycles. The third-order valence-corrected chi connectivity index (χ3v) is 4.97. The first-order valence-electron chi connectivity index (χ1n) is 8.32. The van der Waals surface area contributed by atoms with Crippen LogP contribution in [0.5, 0.6) is 0 Å².